The number of amides is 2. The lowest BCUT2D eigenvalue weighted by molar-refractivity contribution is -0.252. The highest BCUT2D eigenvalue weighted by Gasteiger charge is 2.32. The number of hydrogen-bond donors (Lipinski definition) is 4. The first-order valence-electron chi connectivity index (χ1n) is 14.0. The van der Waals surface area contributed by atoms with E-state index in [-0.39, 0.29) is 37.6 Å². The fourth-order valence-electron chi connectivity index (χ4n) is 4.91. The van der Waals surface area contributed by atoms with Gasteiger partial charge in [-0.05, 0) is 48.7 Å². The van der Waals surface area contributed by atoms with Crippen molar-refractivity contribution in [2.75, 3.05) is 18.9 Å². The van der Waals surface area contributed by atoms with Crippen molar-refractivity contribution in [2.45, 2.75) is 63.8 Å². The minimum atomic E-state index is -0.580. The molecule has 1 saturated heterocycles. The molecule has 4 rings (SSSR count). The van der Waals surface area contributed by atoms with Gasteiger partial charge in [0.15, 0.2) is 6.29 Å². The number of rotatable bonds is 13. The van der Waals surface area contributed by atoms with E-state index < -0.39 is 12.2 Å². The summed E-state index contributed by atoms with van der Waals surface area (Å²) in [4.78, 5) is 25.6. The standard InChI is InChI=1S/C32H39N3O6/c1-35(20-23-7-3-2-4-8-23)21-28-19-29(25-13-11-24(22-36)12-14-25)41-32(40-28)26-15-17-27(18-16-26)33-30(37)9-5-6-10-31(38)34-39/h2-4,7-8,11-18,28-29,32,36,39H,5-6,9-10,19-22H2,1H3,(H,33,37)(H,34,38). The van der Waals surface area contributed by atoms with Crippen molar-refractivity contribution in [3.05, 3.63) is 101 Å². The van der Waals surface area contributed by atoms with E-state index in [2.05, 4.69) is 29.4 Å². The van der Waals surface area contributed by atoms with Gasteiger partial charge in [0.2, 0.25) is 11.8 Å². The van der Waals surface area contributed by atoms with E-state index in [0.29, 0.717) is 24.9 Å². The Hall–Kier alpha value is -3.60. The SMILES string of the molecule is CN(Cc1ccccc1)CC1CC(c2ccc(CO)cc2)OC(c2ccc(NC(=O)CCCCC(=O)NO)cc2)O1. The summed E-state index contributed by atoms with van der Waals surface area (Å²) < 4.78 is 12.9. The predicted octanol–water partition coefficient (Wildman–Crippen LogP) is 4.86. The maximum Gasteiger partial charge on any atom is 0.243 e. The van der Waals surface area contributed by atoms with Gasteiger partial charge in [0, 0.05) is 43.6 Å². The number of aliphatic hydroxyl groups excluding tert-OH is 1. The van der Waals surface area contributed by atoms with E-state index in [9.17, 15) is 14.7 Å². The number of unbranched alkanes of at least 4 members (excludes halogenated alkanes) is 1. The molecule has 1 fully saturated rings. The fraction of sp³-hybridized carbons (Fsp3) is 0.375. The Balaban J connectivity index is 1.40. The summed E-state index contributed by atoms with van der Waals surface area (Å²) in [5.41, 5.74) is 6.23. The van der Waals surface area contributed by atoms with Crippen LogP contribution in [-0.2, 0) is 32.2 Å². The number of benzene rings is 3. The van der Waals surface area contributed by atoms with Gasteiger partial charge < -0.3 is 19.9 Å². The minimum Gasteiger partial charge on any atom is -0.392 e. The molecule has 1 aliphatic heterocycles. The van der Waals surface area contributed by atoms with Crippen LogP contribution in [0.2, 0.25) is 0 Å². The van der Waals surface area contributed by atoms with Crippen LogP contribution >= 0.6 is 0 Å². The molecular formula is C32H39N3O6. The van der Waals surface area contributed by atoms with Crippen LogP contribution in [0.5, 0.6) is 0 Å². The number of aliphatic hydroxyl groups is 1. The van der Waals surface area contributed by atoms with Gasteiger partial charge >= 0.3 is 0 Å². The average Bonchev–Trinajstić information content (AvgIpc) is 3.00. The Bertz CT molecular complexity index is 1240. The molecule has 0 bridgehead atoms. The normalized spacial score (nSPS) is 18.7. The van der Waals surface area contributed by atoms with Gasteiger partial charge in [0.25, 0.3) is 0 Å². The number of hydrogen-bond acceptors (Lipinski definition) is 7. The summed E-state index contributed by atoms with van der Waals surface area (Å²) in [6.07, 6.45) is 1.38. The Morgan fingerprint density at radius 1 is 0.854 bits per heavy atom. The maximum absolute atomic E-state index is 12.3. The van der Waals surface area contributed by atoms with Gasteiger partial charge in [-0.1, -0.05) is 66.7 Å². The van der Waals surface area contributed by atoms with Crippen LogP contribution < -0.4 is 10.8 Å². The number of carbonyl (C=O) groups excluding carboxylic acids is 2. The number of nitrogens with one attached hydrogen (secondary N) is 2. The Labute approximate surface area is 241 Å². The van der Waals surface area contributed by atoms with Gasteiger partial charge in [-0.2, -0.15) is 0 Å². The second-order valence-corrected chi connectivity index (χ2v) is 10.4. The van der Waals surface area contributed by atoms with Crippen molar-refractivity contribution in [3.63, 3.8) is 0 Å². The summed E-state index contributed by atoms with van der Waals surface area (Å²) in [6.45, 7) is 1.54. The van der Waals surface area contributed by atoms with Gasteiger partial charge in [-0.3, -0.25) is 19.7 Å². The van der Waals surface area contributed by atoms with Crippen molar-refractivity contribution >= 4 is 17.5 Å². The van der Waals surface area contributed by atoms with Crippen LogP contribution in [0.1, 0.15) is 66.8 Å². The lowest BCUT2D eigenvalue weighted by Crippen LogP contribution is -2.37. The van der Waals surface area contributed by atoms with E-state index in [1.807, 2.05) is 66.7 Å². The fourth-order valence-corrected chi connectivity index (χ4v) is 4.91. The highest BCUT2D eigenvalue weighted by Crippen LogP contribution is 2.38. The van der Waals surface area contributed by atoms with Gasteiger partial charge in [0.1, 0.15) is 0 Å². The quantitative estimate of drug-likeness (QED) is 0.134. The van der Waals surface area contributed by atoms with E-state index >= 15 is 0 Å². The number of likely N-dealkylation sites (N-methyl/N-ethyl adjacent to an activating group) is 1. The van der Waals surface area contributed by atoms with Crippen LogP contribution in [0.15, 0.2) is 78.9 Å². The Kier molecular flexibility index (Phi) is 11.4. The molecule has 3 atom stereocenters. The second kappa shape index (κ2) is 15.4. The number of ether oxygens (including phenoxy) is 2. The smallest absolute Gasteiger partial charge is 0.243 e. The zero-order valence-electron chi connectivity index (χ0n) is 23.4. The summed E-state index contributed by atoms with van der Waals surface area (Å²) in [6, 6.07) is 25.6. The number of anilines is 1. The molecule has 1 heterocycles. The van der Waals surface area contributed by atoms with Crippen LogP contribution in [0.3, 0.4) is 0 Å². The van der Waals surface area contributed by atoms with E-state index in [0.717, 1.165) is 29.8 Å². The molecule has 218 valence electrons. The molecule has 3 aromatic carbocycles. The Morgan fingerprint density at radius 2 is 1.51 bits per heavy atom. The lowest BCUT2D eigenvalue weighted by Gasteiger charge is -2.38. The predicted molar refractivity (Wildman–Crippen MR) is 155 cm³/mol. The molecule has 41 heavy (non-hydrogen) atoms. The van der Waals surface area contributed by atoms with Crippen LogP contribution in [0.25, 0.3) is 0 Å². The van der Waals surface area contributed by atoms with Crippen molar-refractivity contribution in [1.29, 1.82) is 0 Å². The van der Waals surface area contributed by atoms with Gasteiger partial charge in [0.05, 0.1) is 18.8 Å². The van der Waals surface area contributed by atoms with Crippen molar-refractivity contribution < 1.29 is 29.4 Å². The summed E-state index contributed by atoms with van der Waals surface area (Å²) in [7, 11) is 2.09. The molecular weight excluding hydrogens is 522 g/mol. The first kappa shape index (κ1) is 30.4. The third-order valence-corrected chi connectivity index (χ3v) is 7.07. The van der Waals surface area contributed by atoms with Crippen LogP contribution in [0.4, 0.5) is 5.69 Å². The zero-order valence-corrected chi connectivity index (χ0v) is 23.4. The van der Waals surface area contributed by atoms with E-state index in [4.69, 9.17) is 14.7 Å². The molecule has 2 amide bonds. The first-order chi connectivity index (χ1) is 19.9. The molecule has 0 aliphatic carbocycles. The monoisotopic (exact) mass is 561 g/mol. The summed E-state index contributed by atoms with van der Waals surface area (Å²) in [5.74, 6) is -0.595. The molecule has 0 saturated carbocycles. The highest BCUT2D eigenvalue weighted by atomic mass is 16.7. The molecule has 0 aromatic heterocycles. The van der Waals surface area contributed by atoms with Crippen LogP contribution in [-0.4, -0.2) is 46.7 Å². The largest absolute Gasteiger partial charge is 0.392 e. The van der Waals surface area contributed by atoms with Crippen LogP contribution in [0, 0.1) is 0 Å². The van der Waals surface area contributed by atoms with Gasteiger partial charge in [-0.25, -0.2) is 5.48 Å². The second-order valence-electron chi connectivity index (χ2n) is 10.4. The highest BCUT2D eigenvalue weighted by molar-refractivity contribution is 5.90. The first-order valence-corrected chi connectivity index (χ1v) is 14.0. The third-order valence-electron chi connectivity index (χ3n) is 7.07. The van der Waals surface area contributed by atoms with E-state index in [1.165, 1.54) is 5.56 Å². The molecule has 3 aromatic rings. The maximum atomic E-state index is 12.3. The zero-order chi connectivity index (χ0) is 29.0. The average molecular weight is 562 g/mol. The lowest BCUT2D eigenvalue weighted by atomic mass is 9.99. The number of nitrogens with zero attached hydrogens (tertiary/aromatic N) is 1. The summed E-state index contributed by atoms with van der Waals surface area (Å²) >= 11 is 0. The van der Waals surface area contributed by atoms with Crippen molar-refractivity contribution in [3.8, 4) is 0 Å². The minimum absolute atomic E-state index is 0.00575. The summed E-state index contributed by atoms with van der Waals surface area (Å²) in [5, 5.41) is 20.9. The molecule has 1 aliphatic rings. The molecule has 0 spiro atoms. The number of carbonyl (C=O) groups is 2. The van der Waals surface area contributed by atoms with E-state index in [1.54, 1.807) is 5.48 Å². The molecule has 0 radical (unpaired) electrons. The van der Waals surface area contributed by atoms with Crippen molar-refractivity contribution in [1.82, 2.24) is 10.4 Å². The van der Waals surface area contributed by atoms with Crippen molar-refractivity contribution in [2.24, 2.45) is 0 Å². The van der Waals surface area contributed by atoms with Gasteiger partial charge in [-0.15, -0.1) is 0 Å². The molecule has 9 heteroatoms. The molecule has 9 nitrogen and oxygen atoms in total. The topological polar surface area (TPSA) is 120 Å². The third kappa shape index (κ3) is 9.48. The Morgan fingerprint density at radius 3 is 2.17 bits per heavy atom. The molecule has 4 N–H and O–H groups in total. The molecule has 3 unspecified atom stereocenters. The number of hydroxylamine groups is 1.